The highest BCUT2D eigenvalue weighted by Crippen LogP contribution is 2.25. The summed E-state index contributed by atoms with van der Waals surface area (Å²) < 4.78 is 1.04. The minimum absolute atomic E-state index is 0.515. The van der Waals surface area contributed by atoms with Crippen molar-refractivity contribution in [3.05, 3.63) is 63.2 Å². The van der Waals surface area contributed by atoms with Crippen molar-refractivity contribution in [3.63, 3.8) is 0 Å². The number of amides is 1. The molecule has 0 bridgehead atoms. The van der Waals surface area contributed by atoms with Crippen LogP contribution in [0, 0.1) is 3.57 Å². The third-order valence-electron chi connectivity index (χ3n) is 3.03. The summed E-state index contributed by atoms with van der Waals surface area (Å²) >= 11 is 2.21. The van der Waals surface area contributed by atoms with E-state index in [9.17, 15) is 9.90 Å². The van der Waals surface area contributed by atoms with E-state index >= 15 is 0 Å². The summed E-state index contributed by atoms with van der Waals surface area (Å²) in [5.41, 5.74) is 2.96. The van der Waals surface area contributed by atoms with Crippen LogP contribution in [-0.2, 0) is 4.79 Å². The maximum atomic E-state index is 11.8. The first-order chi connectivity index (χ1) is 9.65. The highest BCUT2D eigenvalue weighted by Gasteiger charge is 2.23. The molecule has 5 heteroatoms. The van der Waals surface area contributed by atoms with Crippen LogP contribution >= 0.6 is 22.6 Å². The van der Waals surface area contributed by atoms with Gasteiger partial charge >= 0.3 is 0 Å². The summed E-state index contributed by atoms with van der Waals surface area (Å²) in [5.74, 6) is -0.515. The fraction of sp³-hybridized carbons (Fsp3) is 0.0667. The number of aliphatic hydroxyl groups is 1. The predicted octanol–water partition coefficient (Wildman–Crippen LogP) is 2.40. The highest BCUT2D eigenvalue weighted by atomic mass is 127. The Labute approximate surface area is 129 Å². The summed E-state index contributed by atoms with van der Waals surface area (Å²) in [5, 5.41) is 12.5. The lowest BCUT2D eigenvalue weighted by atomic mass is 10.0. The second kappa shape index (κ2) is 5.34. The number of halogens is 1. The molecule has 1 aliphatic heterocycles. The maximum absolute atomic E-state index is 11.8. The van der Waals surface area contributed by atoms with E-state index in [2.05, 4.69) is 32.9 Å². The van der Waals surface area contributed by atoms with E-state index in [1.54, 1.807) is 0 Å². The zero-order chi connectivity index (χ0) is 14.1. The summed E-state index contributed by atoms with van der Waals surface area (Å²) in [6, 6.07) is 15.2. The minimum atomic E-state index is -1.39. The van der Waals surface area contributed by atoms with Crippen molar-refractivity contribution in [2.75, 3.05) is 5.32 Å². The van der Waals surface area contributed by atoms with E-state index in [-0.39, 0.29) is 0 Å². The summed E-state index contributed by atoms with van der Waals surface area (Å²) in [7, 11) is 0. The van der Waals surface area contributed by atoms with Crippen LogP contribution in [0.1, 0.15) is 11.1 Å². The van der Waals surface area contributed by atoms with E-state index in [1.165, 1.54) is 0 Å². The number of nitrogens with one attached hydrogen (secondary N) is 1. The summed E-state index contributed by atoms with van der Waals surface area (Å²) in [6.07, 6.45) is -1.39. The second-order valence-corrected chi connectivity index (χ2v) is 5.64. The van der Waals surface area contributed by atoms with Crippen molar-refractivity contribution in [2.24, 2.45) is 4.99 Å². The van der Waals surface area contributed by atoms with Crippen molar-refractivity contribution in [3.8, 4) is 0 Å². The van der Waals surface area contributed by atoms with Crippen LogP contribution in [0.5, 0.6) is 0 Å². The fourth-order valence-corrected chi connectivity index (χ4v) is 2.59. The fourth-order valence-electron chi connectivity index (χ4n) is 2.10. The van der Waals surface area contributed by atoms with Gasteiger partial charge in [-0.2, -0.15) is 0 Å². The molecule has 20 heavy (non-hydrogen) atoms. The SMILES string of the molecule is O=C1Nc2ccc(I)cc2C(c2ccccc2)=NC1O. The Kier molecular flexibility index (Phi) is 3.54. The van der Waals surface area contributed by atoms with Gasteiger partial charge in [0.2, 0.25) is 6.23 Å². The Hall–Kier alpha value is -1.73. The lowest BCUT2D eigenvalue weighted by Crippen LogP contribution is -2.24. The van der Waals surface area contributed by atoms with Gasteiger partial charge in [-0.15, -0.1) is 0 Å². The van der Waals surface area contributed by atoms with Crippen LogP contribution in [0.2, 0.25) is 0 Å². The molecule has 1 heterocycles. The molecule has 0 saturated heterocycles. The van der Waals surface area contributed by atoms with E-state index in [0.29, 0.717) is 11.4 Å². The zero-order valence-electron chi connectivity index (χ0n) is 10.4. The number of rotatable bonds is 1. The zero-order valence-corrected chi connectivity index (χ0v) is 12.5. The molecule has 0 fully saturated rings. The lowest BCUT2D eigenvalue weighted by Gasteiger charge is -2.10. The third kappa shape index (κ3) is 2.46. The Morgan fingerprint density at radius 3 is 2.65 bits per heavy atom. The molecule has 2 aromatic carbocycles. The van der Waals surface area contributed by atoms with Crippen molar-refractivity contribution >= 4 is 39.9 Å². The summed E-state index contributed by atoms with van der Waals surface area (Å²) in [4.78, 5) is 15.9. The molecule has 1 amide bonds. The normalized spacial score (nSPS) is 17.8. The van der Waals surface area contributed by atoms with Crippen molar-refractivity contribution < 1.29 is 9.90 Å². The van der Waals surface area contributed by atoms with Crippen LogP contribution in [0.4, 0.5) is 5.69 Å². The third-order valence-corrected chi connectivity index (χ3v) is 3.70. The molecule has 100 valence electrons. The van der Waals surface area contributed by atoms with Gasteiger partial charge in [-0.05, 0) is 40.8 Å². The molecule has 1 unspecified atom stereocenters. The van der Waals surface area contributed by atoms with Gasteiger partial charge in [0.15, 0.2) is 0 Å². The number of nitrogens with zero attached hydrogens (tertiary/aromatic N) is 1. The number of hydrogen-bond donors (Lipinski definition) is 2. The topological polar surface area (TPSA) is 61.7 Å². The van der Waals surface area contributed by atoms with Gasteiger partial charge in [0, 0.05) is 14.7 Å². The molecule has 4 nitrogen and oxygen atoms in total. The van der Waals surface area contributed by atoms with Crippen molar-refractivity contribution in [2.45, 2.75) is 6.23 Å². The van der Waals surface area contributed by atoms with E-state index < -0.39 is 12.1 Å². The monoisotopic (exact) mass is 378 g/mol. The van der Waals surface area contributed by atoms with E-state index in [0.717, 1.165) is 14.7 Å². The molecular formula is C15H11IN2O2. The molecule has 2 N–H and O–H groups in total. The second-order valence-electron chi connectivity index (χ2n) is 4.40. The van der Waals surface area contributed by atoms with E-state index in [4.69, 9.17) is 0 Å². The molecule has 0 spiro atoms. The number of anilines is 1. The van der Waals surface area contributed by atoms with Gasteiger partial charge in [-0.3, -0.25) is 4.79 Å². The number of aliphatic imine (C=N–C) groups is 1. The number of aliphatic hydroxyl groups excluding tert-OH is 1. The van der Waals surface area contributed by atoms with Crippen LogP contribution in [0.25, 0.3) is 0 Å². The van der Waals surface area contributed by atoms with Gasteiger partial charge in [0.05, 0.1) is 11.4 Å². The average Bonchev–Trinajstić information content (AvgIpc) is 2.58. The van der Waals surface area contributed by atoms with Gasteiger partial charge < -0.3 is 10.4 Å². The largest absolute Gasteiger partial charge is 0.364 e. The standard InChI is InChI=1S/C15H11IN2O2/c16-10-6-7-12-11(8-10)13(9-4-2-1-3-5-9)18-15(20)14(19)17-12/h1-8,15,20H,(H,17,19). The number of carbonyl (C=O) groups excluding carboxylic acids is 1. The number of carbonyl (C=O) groups is 1. The summed E-state index contributed by atoms with van der Waals surface area (Å²) in [6.45, 7) is 0. The molecule has 0 aliphatic carbocycles. The Morgan fingerprint density at radius 1 is 1.15 bits per heavy atom. The molecule has 0 saturated carbocycles. The highest BCUT2D eigenvalue weighted by molar-refractivity contribution is 14.1. The van der Waals surface area contributed by atoms with Crippen LogP contribution in [0.3, 0.4) is 0 Å². The number of benzodiazepines with no additional fused rings is 1. The Morgan fingerprint density at radius 2 is 1.90 bits per heavy atom. The Balaban J connectivity index is 2.23. The first-order valence-corrected chi connectivity index (χ1v) is 7.15. The van der Waals surface area contributed by atoms with Gasteiger partial charge in [0.25, 0.3) is 5.91 Å². The molecule has 2 aromatic rings. The molecular weight excluding hydrogens is 367 g/mol. The molecule has 0 aromatic heterocycles. The molecule has 3 rings (SSSR count). The number of benzene rings is 2. The minimum Gasteiger partial charge on any atom is -0.364 e. The van der Waals surface area contributed by atoms with Gasteiger partial charge in [0.1, 0.15) is 0 Å². The van der Waals surface area contributed by atoms with Gasteiger partial charge in [-0.25, -0.2) is 4.99 Å². The lowest BCUT2D eigenvalue weighted by molar-refractivity contribution is -0.123. The Bertz CT molecular complexity index is 698. The van der Waals surface area contributed by atoms with Crippen LogP contribution in [0.15, 0.2) is 53.5 Å². The van der Waals surface area contributed by atoms with E-state index in [1.807, 2.05) is 48.5 Å². The molecule has 1 atom stereocenters. The van der Waals surface area contributed by atoms with Crippen LogP contribution < -0.4 is 5.32 Å². The maximum Gasteiger partial charge on any atom is 0.276 e. The first kappa shape index (κ1) is 13.3. The first-order valence-electron chi connectivity index (χ1n) is 6.07. The quantitative estimate of drug-likeness (QED) is 0.749. The van der Waals surface area contributed by atoms with Crippen molar-refractivity contribution in [1.82, 2.24) is 0 Å². The molecule has 1 aliphatic rings. The van der Waals surface area contributed by atoms with Crippen LogP contribution in [-0.4, -0.2) is 23.0 Å². The van der Waals surface area contributed by atoms with Crippen molar-refractivity contribution in [1.29, 1.82) is 0 Å². The molecule has 0 radical (unpaired) electrons. The smallest absolute Gasteiger partial charge is 0.276 e. The van der Waals surface area contributed by atoms with Gasteiger partial charge in [-0.1, -0.05) is 30.3 Å². The number of fused-ring (bicyclic) bond motifs is 1. The number of hydrogen-bond acceptors (Lipinski definition) is 3. The predicted molar refractivity (Wildman–Crippen MR) is 85.9 cm³/mol. The average molecular weight is 378 g/mol.